The van der Waals surface area contributed by atoms with Crippen molar-refractivity contribution in [3.8, 4) is 0 Å². The molecule has 0 atom stereocenters. The van der Waals surface area contributed by atoms with Gasteiger partial charge in [-0.1, -0.05) is 36.8 Å². The molecule has 2 aromatic rings. The Morgan fingerprint density at radius 2 is 2.05 bits per heavy atom. The topological polar surface area (TPSA) is 38.1 Å². The molecule has 0 spiro atoms. The van der Waals surface area contributed by atoms with Crippen molar-refractivity contribution in [1.29, 1.82) is 0 Å². The second-order valence-electron chi connectivity index (χ2n) is 6.14. The summed E-state index contributed by atoms with van der Waals surface area (Å²) >= 11 is 0. The van der Waals surface area contributed by atoms with Crippen LogP contribution in [0.3, 0.4) is 0 Å². The Balaban J connectivity index is 1.83. The second-order valence-corrected chi connectivity index (χ2v) is 6.14. The van der Waals surface area contributed by atoms with Crippen molar-refractivity contribution in [3.63, 3.8) is 0 Å². The summed E-state index contributed by atoms with van der Waals surface area (Å²) in [6.07, 6.45) is 6.86. The summed E-state index contributed by atoms with van der Waals surface area (Å²) < 4.78 is 1.78. The lowest BCUT2D eigenvalue weighted by Gasteiger charge is -2.43. The Morgan fingerprint density at radius 1 is 1.32 bits per heavy atom. The highest BCUT2D eigenvalue weighted by atomic mass is 16.2. The molecule has 0 unspecified atom stereocenters. The molecule has 0 saturated heterocycles. The van der Waals surface area contributed by atoms with Gasteiger partial charge in [0.15, 0.2) is 0 Å². The monoisotopic (exact) mass is 297 g/mol. The number of carbonyl (C=O) groups is 1. The molecule has 0 bridgehead atoms. The molecule has 1 fully saturated rings. The third kappa shape index (κ3) is 2.54. The number of carbonyl (C=O) groups excluding carboxylic acids is 1. The van der Waals surface area contributed by atoms with Gasteiger partial charge in [-0.15, -0.1) is 0 Å². The molecule has 116 valence electrons. The van der Waals surface area contributed by atoms with E-state index < -0.39 is 0 Å². The third-order valence-electron chi connectivity index (χ3n) is 4.74. The summed E-state index contributed by atoms with van der Waals surface area (Å²) in [4.78, 5) is 15.2. The van der Waals surface area contributed by atoms with Crippen molar-refractivity contribution < 1.29 is 4.79 Å². The molecule has 1 aromatic carbocycles. The van der Waals surface area contributed by atoms with Crippen molar-refractivity contribution in [2.24, 2.45) is 7.05 Å². The molecule has 0 aliphatic heterocycles. The van der Waals surface area contributed by atoms with Gasteiger partial charge < -0.3 is 4.90 Å². The first-order valence-electron chi connectivity index (χ1n) is 7.98. The number of likely N-dealkylation sites (N-methyl/N-ethyl adjacent to an activating group) is 1. The van der Waals surface area contributed by atoms with Crippen LogP contribution < -0.4 is 0 Å². The van der Waals surface area contributed by atoms with Crippen LogP contribution in [0.1, 0.15) is 37.3 Å². The van der Waals surface area contributed by atoms with Gasteiger partial charge in [0.1, 0.15) is 0 Å². The van der Waals surface area contributed by atoms with Crippen LogP contribution in [0.2, 0.25) is 0 Å². The molecule has 1 aromatic heterocycles. The zero-order valence-corrected chi connectivity index (χ0v) is 13.3. The zero-order valence-electron chi connectivity index (χ0n) is 13.3. The first-order valence-corrected chi connectivity index (χ1v) is 7.98. The van der Waals surface area contributed by atoms with Gasteiger partial charge in [0, 0.05) is 31.9 Å². The van der Waals surface area contributed by atoms with Crippen LogP contribution >= 0.6 is 0 Å². The molecule has 1 heterocycles. The number of amides is 1. The Morgan fingerprint density at radius 3 is 2.55 bits per heavy atom. The molecule has 4 nitrogen and oxygen atoms in total. The van der Waals surface area contributed by atoms with Crippen molar-refractivity contribution in [3.05, 3.63) is 53.9 Å². The van der Waals surface area contributed by atoms with Crippen molar-refractivity contribution >= 4 is 5.91 Å². The number of benzene rings is 1. The summed E-state index contributed by atoms with van der Waals surface area (Å²) in [6, 6.07) is 10.2. The van der Waals surface area contributed by atoms with Crippen LogP contribution in [-0.4, -0.2) is 27.1 Å². The highest BCUT2D eigenvalue weighted by molar-refractivity contribution is 5.89. The van der Waals surface area contributed by atoms with Crippen LogP contribution in [-0.2, 0) is 23.8 Å². The van der Waals surface area contributed by atoms with E-state index in [0.29, 0.717) is 6.54 Å². The number of hydrogen-bond acceptors (Lipinski definition) is 2. The summed E-state index contributed by atoms with van der Waals surface area (Å²) in [5.74, 6) is 0.260. The molecule has 22 heavy (non-hydrogen) atoms. The van der Waals surface area contributed by atoms with E-state index in [1.807, 2.05) is 49.5 Å². The van der Waals surface area contributed by atoms with E-state index >= 15 is 0 Å². The van der Waals surface area contributed by atoms with Crippen LogP contribution in [0, 0.1) is 0 Å². The first kappa shape index (κ1) is 14.8. The number of aryl methyl sites for hydroxylation is 1. The van der Waals surface area contributed by atoms with E-state index in [1.165, 1.54) is 0 Å². The average Bonchev–Trinajstić information content (AvgIpc) is 2.90. The predicted molar refractivity (Wildman–Crippen MR) is 86.3 cm³/mol. The van der Waals surface area contributed by atoms with Crippen LogP contribution in [0.5, 0.6) is 0 Å². The van der Waals surface area contributed by atoms with Gasteiger partial charge in [-0.3, -0.25) is 9.48 Å². The molecule has 1 aliphatic carbocycles. The molecular weight excluding hydrogens is 274 g/mol. The first-order chi connectivity index (χ1) is 10.7. The fourth-order valence-electron chi connectivity index (χ4n) is 3.32. The maximum atomic E-state index is 13.2. The van der Waals surface area contributed by atoms with Gasteiger partial charge in [-0.2, -0.15) is 5.10 Å². The average molecular weight is 297 g/mol. The van der Waals surface area contributed by atoms with E-state index in [0.717, 1.165) is 36.9 Å². The molecule has 1 aliphatic rings. The smallest absolute Gasteiger partial charge is 0.233 e. The maximum Gasteiger partial charge on any atom is 0.233 e. The van der Waals surface area contributed by atoms with Crippen molar-refractivity contribution in [2.75, 3.05) is 6.54 Å². The van der Waals surface area contributed by atoms with E-state index in [9.17, 15) is 4.79 Å². The molecular formula is C18H23N3O. The predicted octanol–water partition coefficient (Wildman–Crippen LogP) is 2.89. The summed E-state index contributed by atoms with van der Waals surface area (Å²) in [5.41, 5.74) is 1.94. The molecule has 4 heteroatoms. The standard InChI is InChI=1S/C18H23N3O/c1-3-21(14-15-12-19-20(2)13-15)17(22)18(10-7-11-18)16-8-5-4-6-9-16/h4-6,8-9,12-13H,3,7,10-11,14H2,1-2H3. The molecule has 3 rings (SSSR count). The number of hydrogen-bond donors (Lipinski definition) is 0. The molecule has 0 N–H and O–H groups in total. The second kappa shape index (κ2) is 5.95. The van der Waals surface area contributed by atoms with Gasteiger partial charge in [-0.05, 0) is 25.3 Å². The van der Waals surface area contributed by atoms with E-state index in [2.05, 4.69) is 17.2 Å². The van der Waals surface area contributed by atoms with Gasteiger partial charge in [0.25, 0.3) is 0 Å². The molecule has 1 amide bonds. The van der Waals surface area contributed by atoms with Gasteiger partial charge in [0.05, 0.1) is 11.6 Å². The maximum absolute atomic E-state index is 13.2. The van der Waals surface area contributed by atoms with E-state index in [-0.39, 0.29) is 11.3 Å². The van der Waals surface area contributed by atoms with Crippen LogP contribution in [0.25, 0.3) is 0 Å². The Kier molecular flexibility index (Phi) is 4.01. The van der Waals surface area contributed by atoms with Gasteiger partial charge in [0.2, 0.25) is 5.91 Å². The minimum atomic E-state index is -0.306. The summed E-state index contributed by atoms with van der Waals surface area (Å²) in [6.45, 7) is 3.41. The number of nitrogens with zero attached hydrogens (tertiary/aromatic N) is 3. The fraction of sp³-hybridized carbons (Fsp3) is 0.444. The van der Waals surface area contributed by atoms with Crippen LogP contribution in [0.15, 0.2) is 42.7 Å². The van der Waals surface area contributed by atoms with Crippen molar-refractivity contribution in [2.45, 2.75) is 38.1 Å². The van der Waals surface area contributed by atoms with Gasteiger partial charge >= 0.3 is 0 Å². The zero-order chi connectivity index (χ0) is 15.6. The van der Waals surface area contributed by atoms with E-state index in [4.69, 9.17) is 0 Å². The Bertz CT molecular complexity index is 643. The van der Waals surface area contributed by atoms with Crippen LogP contribution in [0.4, 0.5) is 0 Å². The lowest BCUT2D eigenvalue weighted by molar-refractivity contribution is -0.141. The highest BCUT2D eigenvalue weighted by Gasteiger charge is 2.47. The molecule has 0 radical (unpaired) electrons. The molecule has 1 saturated carbocycles. The Labute approximate surface area is 131 Å². The van der Waals surface area contributed by atoms with E-state index in [1.54, 1.807) is 4.68 Å². The van der Waals surface area contributed by atoms with Gasteiger partial charge in [-0.25, -0.2) is 0 Å². The Hall–Kier alpha value is -2.10. The SMILES string of the molecule is CCN(Cc1cnn(C)c1)C(=O)C1(c2ccccc2)CCC1. The summed E-state index contributed by atoms with van der Waals surface area (Å²) in [7, 11) is 1.90. The number of rotatable bonds is 5. The lowest BCUT2D eigenvalue weighted by atomic mass is 9.63. The largest absolute Gasteiger partial charge is 0.338 e. The highest BCUT2D eigenvalue weighted by Crippen LogP contribution is 2.45. The summed E-state index contributed by atoms with van der Waals surface area (Å²) in [5, 5.41) is 4.20. The quantitative estimate of drug-likeness (QED) is 0.851. The fourth-order valence-corrected chi connectivity index (χ4v) is 3.32. The minimum absolute atomic E-state index is 0.260. The normalized spacial score (nSPS) is 16.1. The lowest BCUT2D eigenvalue weighted by Crippen LogP contribution is -2.50. The van der Waals surface area contributed by atoms with Crippen molar-refractivity contribution in [1.82, 2.24) is 14.7 Å². The minimum Gasteiger partial charge on any atom is -0.338 e. The third-order valence-corrected chi connectivity index (χ3v) is 4.74. The number of aromatic nitrogens is 2.